The molecule has 0 saturated heterocycles. The largest absolute Gasteiger partial charge is 0.283 e. The molecule has 23 heavy (non-hydrogen) atoms. The van der Waals surface area contributed by atoms with Crippen LogP contribution in [0.1, 0.15) is 23.0 Å². The molecule has 3 rings (SSSR count). The zero-order valence-electron chi connectivity index (χ0n) is 12.5. The Kier molecular flexibility index (Phi) is 5.10. The molecule has 3 nitrogen and oxygen atoms in total. The molecule has 1 aromatic carbocycles. The molecule has 0 radical (unpaired) electrons. The van der Waals surface area contributed by atoms with Gasteiger partial charge in [0.15, 0.2) is 5.13 Å². The number of aromatic nitrogens is 1. The minimum atomic E-state index is 0.00819. The molecule has 118 valence electrons. The Bertz CT molecular complexity index is 799. The Morgan fingerprint density at radius 2 is 2.13 bits per heavy atom. The van der Waals surface area contributed by atoms with Crippen molar-refractivity contribution in [3.8, 4) is 11.3 Å². The fraction of sp³-hybridized carbons (Fsp3) is 0.176. The molecule has 0 aliphatic rings. The summed E-state index contributed by atoms with van der Waals surface area (Å²) in [5, 5.41) is 5.28. The first kappa shape index (κ1) is 16.2. The number of carbonyl (C=O) groups excluding carboxylic acids is 1. The summed E-state index contributed by atoms with van der Waals surface area (Å²) < 4.78 is 0. The van der Waals surface area contributed by atoms with Gasteiger partial charge in [-0.2, -0.15) is 0 Å². The average molecular weight is 363 g/mol. The molecule has 2 aromatic heterocycles. The van der Waals surface area contributed by atoms with E-state index >= 15 is 0 Å². The number of thiazole rings is 1. The highest BCUT2D eigenvalue weighted by atomic mass is 35.5. The molecule has 3 aromatic rings. The number of anilines is 1. The van der Waals surface area contributed by atoms with Crippen molar-refractivity contribution in [1.82, 2.24) is 4.98 Å². The maximum absolute atomic E-state index is 12.7. The van der Waals surface area contributed by atoms with Gasteiger partial charge in [-0.15, -0.1) is 22.7 Å². The van der Waals surface area contributed by atoms with E-state index < -0.39 is 0 Å². The predicted octanol–water partition coefficient (Wildman–Crippen LogP) is 5.58. The number of thiophene rings is 1. The lowest BCUT2D eigenvalue weighted by molar-refractivity contribution is 0.0991. The summed E-state index contributed by atoms with van der Waals surface area (Å²) in [6.07, 6.45) is 0.878. The molecule has 0 saturated carbocycles. The average Bonchev–Trinajstić information content (AvgIpc) is 3.23. The first-order valence-corrected chi connectivity index (χ1v) is 9.39. The Labute approximate surface area is 148 Å². The quantitative estimate of drug-likeness (QED) is 0.593. The summed E-state index contributed by atoms with van der Waals surface area (Å²) in [5.41, 5.74) is 1.80. The number of carbonyl (C=O) groups is 1. The van der Waals surface area contributed by atoms with E-state index in [9.17, 15) is 4.79 Å². The minimum absolute atomic E-state index is 0.00819. The van der Waals surface area contributed by atoms with Crippen molar-refractivity contribution in [1.29, 1.82) is 0 Å². The van der Waals surface area contributed by atoms with E-state index in [1.54, 1.807) is 4.90 Å². The summed E-state index contributed by atoms with van der Waals surface area (Å²) >= 11 is 8.98. The third-order valence-electron chi connectivity index (χ3n) is 3.27. The van der Waals surface area contributed by atoms with Crippen LogP contribution in [-0.4, -0.2) is 17.4 Å². The van der Waals surface area contributed by atoms with Gasteiger partial charge < -0.3 is 0 Å². The molecule has 0 bridgehead atoms. The number of hydrogen-bond donors (Lipinski definition) is 0. The highest BCUT2D eigenvalue weighted by molar-refractivity contribution is 7.14. The second-order valence-electron chi connectivity index (χ2n) is 4.96. The zero-order chi connectivity index (χ0) is 16.2. The highest BCUT2D eigenvalue weighted by Crippen LogP contribution is 2.30. The van der Waals surface area contributed by atoms with Crippen LogP contribution in [0.2, 0.25) is 5.02 Å². The molecule has 0 unspecified atom stereocenters. The van der Waals surface area contributed by atoms with Gasteiger partial charge in [-0.1, -0.05) is 36.7 Å². The van der Waals surface area contributed by atoms with Crippen LogP contribution < -0.4 is 4.90 Å². The lowest BCUT2D eigenvalue weighted by Crippen LogP contribution is -2.30. The molecule has 0 aliphatic heterocycles. The third kappa shape index (κ3) is 3.63. The van der Waals surface area contributed by atoms with Crippen LogP contribution in [0.5, 0.6) is 0 Å². The fourth-order valence-electron chi connectivity index (χ4n) is 2.21. The molecular weight excluding hydrogens is 348 g/mol. The predicted molar refractivity (Wildman–Crippen MR) is 98.8 cm³/mol. The summed E-state index contributed by atoms with van der Waals surface area (Å²) in [5.74, 6) is 0.00819. The maximum atomic E-state index is 12.7. The molecule has 2 heterocycles. The van der Waals surface area contributed by atoms with Gasteiger partial charge in [0.1, 0.15) is 0 Å². The monoisotopic (exact) mass is 362 g/mol. The van der Waals surface area contributed by atoms with E-state index in [2.05, 4.69) is 11.9 Å². The Balaban J connectivity index is 1.91. The van der Waals surface area contributed by atoms with Crippen molar-refractivity contribution in [3.63, 3.8) is 0 Å². The van der Waals surface area contributed by atoms with Crippen molar-refractivity contribution >= 4 is 45.3 Å². The van der Waals surface area contributed by atoms with Crippen molar-refractivity contribution in [3.05, 3.63) is 57.1 Å². The van der Waals surface area contributed by atoms with Gasteiger partial charge in [0, 0.05) is 22.5 Å². The van der Waals surface area contributed by atoms with Gasteiger partial charge in [0.2, 0.25) is 0 Å². The molecule has 0 N–H and O–H groups in total. The van der Waals surface area contributed by atoms with E-state index in [1.807, 2.05) is 47.2 Å². The van der Waals surface area contributed by atoms with Crippen molar-refractivity contribution < 1.29 is 4.79 Å². The Morgan fingerprint density at radius 1 is 1.26 bits per heavy atom. The van der Waals surface area contributed by atoms with Gasteiger partial charge in [0.05, 0.1) is 10.6 Å². The molecule has 0 spiro atoms. The number of benzene rings is 1. The van der Waals surface area contributed by atoms with E-state index in [1.165, 1.54) is 22.7 Å². The van der Waals surface area contributed by atoms with Gasteiger partial charge in [-0.25, -0.2) is 4.98 Å². The Hall–Kier alpha value is -1.69. The van der Waals surface area contributed by atoms with Gasteiger partial charge in [0.25, 0.3) is 5.91 Å². The van der Waals surface area contributed by atoms with E-state index in [0.29, 0.717) is 11.6 Å². The van der Waals surface area contributed by atoms with Crippen molar-refractivity contribution in [2.24, 2.45) is 0 Å². The highest BCUT2D eigenvalue weighted by Gasteiger charge is 2.21. The number of hydrogen-bond acceptors (Lipinski definition) is 4. The standard InChI is InChI=1S/C17H15ClN2OS2/c1-2-8-20(16(21)15-7-4-9-22-15)17-19-14(11-23-17)12-5-3-6-13(18)10-12/h3-7,9-11H,2,8H2,1H3. The van der Waals surface area contributed by atoms with Crippen LogP contribution in [0.15, 0.2) is 47.2 Å². The van der Waals surface area contributed by atoms with Gasteiger partial charge >= 0.3 is 0 Å². The number of halogens is 1. The molecule has 0 fully saturated rings. The Morgan fingerprint density at radius 3 is 2.83 bits per heavy atom. The first-order chi connectivity index (χ1) is 11.2. The zero-order valence-corrected chi connectivity index (χ0v) is 14.9. The molecule has 0 aliphatic carbocycles. The van der Waals surface area contributed by atoms with Crippen LogP contribution in [0.25, 0.3) is 11.3 Å². The third-order valence-corrected chi connectivity index (χ3v) is 5.22. The summed E-state index contributed by atoms with van der Waals surface area (Å²) in [4.78, 5) is 19.8. The number of rotatable bonds is 5. The van der Waals surface area contributed by atoms with Gasteiger partial charge in [-0.3, -0.25) is 9.69 Å². The van der Waals surface area contributed by atoms with Crippen LogP contribution in [0, 0.1) is 0 Å². The van der Waals surface area contributed by atoms with Crippen LogP contribution >= 0.6 is 34.3 Å². The summed E-state index contributed by atoms with van der Waals surface area (Å²) in [6, 6.07) is 11.3. The van der Waals surface area contributed by atoms with Crippen LogP contribution in [-0.2, 0) is 0 Å². The number of amides is 1. The molecule has 1 amide bonds. The van der Waals surface area contributed by atoms with Crippen molar-refractivity contribution in [2.45, 2.75) is 13.3 Å². The maximum Gasteiger partial charge on any atom is 0.270 e. The van der Waals surface area contributed by atoms with Crippen LogP contribution in [0.4, 0.5) is 5.13 Å². The fourth-order valence-corrected chi connectivity index (χ4v) is 3.93. The second kappa shape index (κ2) is 7.25. The second-order valence-corrected chi connectivity index (χ2v) is 7.18. The first-order valence-electron chi connectivity index (χ1n) is 7.26. The summed E-state index contributed by atoms with van der Waals surface area (Å²) in [7, 11) is 0. The molecule has 6 heteroatoms. The van der Waals surface area contributed by atoms with Crippen LogP contribution in [0.3, 0.4) is 0 Å². The summed E-state index contributed by atoms with van der Waals surface area (Å²) in [6.45, 7) is 2.71. The molecule has 0 atom stereocenters. The van der Waals surface area contributed by atoms with E-state index in [0.717, 1.165) is 27.7 Å². The lowest BCUT2D eigenvalue weighted by Gasteiger charge is -2.18. The smallest absolute Gasteiger partial charge is 0.270 e. The van der Waals surface area contributed by atoms with E-state index in [4.69, 9.17) is 11.6 Å². The van der Waals surface area contributed by atoms with E-state index in [-0.39, 0.29) is 5.91 Å². The SMILES string of the molecule is CCCN(C(=O)c1cccs1)c1nc(-c2cccc(Cl)c2)cs1. The molecular formula is C17H15ClN2OS2. The normalized spacial score (nSPS) is 10.7. The topological polar surface area (TPSA) is 33.2 Å². The van der Waals surface area contributed by atoms with Crippen molar-refractivity contribution in [2.75, 3.05) is 11.4 Å². The van der Waals surface area contributed by atoms with Gasteiger partial charge in [-0.05, 0) is 30.0 Å². The lowest BCUT2D eigenvalue weighted by atomic mass is 10.2. The minimum Gasteiger partial charge on any atom is -0.283 e. The number of nitrogens with zero attached hydrogens (tertiary/aromatic N) is 2.